The summed E-state index contributed by atoms with van der Waals surface area (Å²) in [7, 11) is 0. The van der Waals surface area contributed by atoms with Gasteiger partial charge in [0.2, 0.25) is 0 Å². The van der Waals surface area contributed by atoms with Crippen molar-refractivity contribution >= 4 is 38.9 Å². The van der Waals surface area contributed by atoms with Gasteiger partial charge in [0.25, 0.3) is 0 Å². The van der Waals surface area contributed by atoms with Crippen LogP contribution in [0.1, 0.15) is 27.7 Å². The number of thiophene rings is 1. The summed E-state index contributed by atoms with van der Waals surface area (Å²) in [6.45, 7) is 3.13. The van der Waals surface area contributed by atoms with E-state index in [1.807, 2.05) is 43.0 Å². The molecule has 41 heavy (non-hydrogen) atoms. The number of carbonyl (C=O) groups excluding carboxylic acids is 1. The van der Waals surface area contributed by atoms with Gasteiger partial charge in [-0.3, -0.25) is 19.9 Å². The minimum atomic E-state index is 0.0686. The van der Waals surface area contributed by atoms with Crippen LogP contribution in [0.25, 0.3) is 54.8 Å². The predicted molar refractivity (Wildman–Crippen MR) is 165 cm³/mol. The van der Waals surface area contributed by atoms with E-state index in [0.29, 0.717) is 0 Å². The van der Waals surface area contributed by atoms with Crippen molar-refractivity contribution in [2.75, 3.05) is 0 Å². The Balaban J connectivity index is 1.19. The number of nitrogens with one attached hydrogen (secondary N) is 3. The fraction of sp³-hybridized carbons (Fsp3) is 0.0909. The minimum absolute atomic E-state index is 0.0686. The summed E-state index contributed by atoms with van der Waals surface area (Å²) >= 11 is 1.49. The molecule has 0 radical (unpaired) electrons. The summed E-state index contributed by atoms with van der Waals surface area (Å²) in [5.41, 5.74) is 9.12. The number of aromatic amines is 2. The third-order valence-electron chi connectivity index (χ3n) is 7.21. The third-order valence-corrected chi connectivity index (χ3v) is 8.43. The first-order valence-corrected chi connectivity index (χ1v) is 14.2. The van der Waals surface area contributed by atoms with E-state index in [2.05, 4.69) is 85.1 Å². The molecular weight excluding hydrogens is 528 g/mol. The fourth-order valence-corrected chi connectivity index (χ4v) is 6.06. The number of nitrogens with zero attached hydrogens (tertiary/aromatic N) is 3. The summed E-state index contributed by atoms with van der Waals surface area (Å²) in [5, 5.41) is 13.4. The highest BCUT2D eigenvalue weighted by Gasteiger charge is 2.16. The maximum Gasteiger partial charge on any atom is 0.169 e. The Morgan fingerprint density at radius 2 is 1.66 bits per heavy atom. The Bertz CT molecular complexity index is 2020. The molecule has 200 valence electrons. The Morgan fingerprint density at radius 3 is 2.51 bits per heavy atom. The number of ketones is 1. The molecule has 0 atom stereocenters. The van der Waals surface area contributed by atoms with Gasteiger partial charge in [0, 0.05) is 58.5 Å². The van der Waals surface area contributed by atoms with Crippen molar-refractivity contribution < 1.29 is 4.79 Å². The van der Waals surface area contributed by atoms with E-state index in [1.54, 1.807) is 6.92 Å². The van der Waals surface area contributed by atoms with Gasteiger partial charge >= 0.3 is 0 Å². The van der Waals surface area contributed by atoms with E-state index < -0.39 is 0 Å². The number of pyridine rings is 2. The molecule has 0 saturated carbocycles. The smallest absolute Gasteiger partial charge is 0.169 e. The third kappa shape index (κ3) is 4.95. The maximum absolute atomic E-state index is 11.9. The van der Waals surface area contributed by atoms with Crippen LogP contribution in [-0.4, -0.2) is 30.9 Å². The zero-order valence-electron chi connectivity index (χ0n) is 22.3. The monoisotopic (exact) mass is 554 g/mol. The Kier molecular flexibility index (Phi) is 6.47. The first-order valence-electron chi connectivity index (χ1n) is 13.4. The summed E-state index contributed by atoms with van der Waals surface area (Å²) < 4.78 is 0. The molecule has 0 spiro atoms. The highest BCUT2D eigenvalue weighted by Crippen LogP contribution is 2.37. The van der Waals surface area contributed by atoms with Gasteiger partial charge < -0.3 is 10.3 Å². The van der Waals surface area contributed by atoms with Crippen molar-refractivity contribution in [1.29, 1.82) is 0 Å². The molecular formula is C33H26N6OS. The predicted octanol–water partition coefficient (Wildman–Crippen LogP) is 7.39. The summed E-state index contributed by atoms with van der Waals surface area (Å²) in [4.78, 5) is 26.1. The Morgan fingerprint density at radius 1 is 0.805 bits per heavy atom. The van der Waals surface area contributed by atoms with Crippen LogP contribution in [0, 0.1) is 0 Å². The molecule has 0 saturated heterocycles. The fourth-order valence-electron chi connectivity index (χ4n) is 5.13. The van der Waals surface area contributed by atoms with E-state index in [0.717, 1.165) is 78.3 Å². The number of aromatic nitrogens is 5. The van der Waals surface area contributed by atoms with Crippen LogP contribution in [0.5, 0.6) is 0 Å². The molecule has 0 unspecified atom stereocenters. The zero-order chi connectivity index (χ0) is 27.8. The summed E-state index contributed by atoms with van der Waals surface area (Å²) in [5.74, 6) is 0.0686. The second-order valence-corrected chi connectivity index (χ2v) is 11.1. The molecule has 7 rings (SSSR count). The standard InChI is InChI=1S/C33H26N6OS/c1-20(40)31-9-10-32(41-31)27-18-36-19-30-25(27)13-29(37-30)33-26-12-23(7-8-28(26)38-39-33)24-11-22(16-35-17-24)15-34-14-21-5-3-2-4-6-21/h2-13,16-19,34,37H,14-15H2,1H3,(H,38,39). The van der Waals surface area contributed by atoms with Crippen LogP contribution in [-0.2, 0) is 13.1 Å². The zero-order valence-corrected chi connectivity index (χ0v) is 23.1. The second-order valence-electron chi connectivity index (χ2n) is 10.1. The maximum atomic E-state index is 11.9. The first kappa shape index (κ1) is 25.1. The lowest BCUT2D eigenvalue weighted by Gasteiger charge is -2.08. The molecule has 7 nitrogen and oxygen atoms in total. The normalized spacial score (nSPS) is 11.4. The number of hydrogen-bond acceptors (Lipinski definition) is 6. The van der Waals surface area contributed by atoms with Crippen LogP contribution in [0.2, 0.25) is 0 Å². The number of rotatable bonds is 8. The molecule has 8 heteroatoms. The number of fused-ring (bicyclic) bond motifs is 2. The van der Waals surface area contributed by atoms with E-state index >= 15 is 0 Å². The molecule has 0 aliphatic rings. The number of carbonyl (C=O) groups is 1. The first-order chi connectivity index (χ1) is 20.1. The van der Waals surface area contributed by atoms with Gasteiger partial charge in [-0.05, 0) is 60.0 Å². The van der Waals surface area contributed by atoms with Crippen LogP contribution < -0.4 is 5.32 Å². The molecule has 3 N–H and O–H groups in total. The van der Waals surface area contributed by atoms with Crippen LogP contribution in [0.3, 0.4) is 0 Å². The van der Waals surface area contributed by atoms with Gasteiger partial charge in [-0.2, -0.15) is 5.10 Å². The number of Topliss-reactive ketones (excluding diaryl/α,β-unsaturated/α-hetero) is 1. The van der Waals surface area contributed by atoms with Gasteiger partial charge in [0.05, 0.1) is 27.8 Å². The quantitative estimate of drug-likeness (QED) is 0.170. The molecule has 5 aromatic heterocycles. The highest BCUT2D eigenvalue weighted by atomic mass is 32.1. The van der Waals surface area contributed by atoms with Crippen LogP contribution in [0.15, 0.2) is 97.6 Å². The molecule has 0 bridgehead atoms. The van der Waals surface area contributed by atoms with Crippen molar-refractivity contribution in [3.8, 4) is 33.0 Å². The number of H-pyrrole nitrogens is 2. The van der Waals surface area contributed by atoms with E-state index in [4.69, 9.17) is 0 Å². The Hall–Kier alpha value is -4.92. The van der Waals surface area contributed by atoms with Gasteiger partial charge in [-0.25, -0.2) is 0 Å². The van der Waals surface area contributed by atoms with E-state index in [-0.39, 0.29) is 5.78 Å². The van der Waals surface area contributed by atoms with Crippen LogP contribution in [0.4, 0.5) is 0 Å². The van der Waals surface area contributed by atoms with Crippen molar-refractivity contribution in [2.24, 2.45) is 0 Å². The molecule has 0 aliphatic heterocycles. The van der Waals surface area contributed by atoms with Crippen molar-refractivity contribution in [3.05, 3.63) is 114 Å². The van der Waals surface area contributed by atoms with E-state index in [1.165, 1.54) is 16.9 Å². The topological polar surface area (TPSA) is 99.4 Å². The van der Waals surface area contributed by atoms with Gasteiger partial charge in [0.1, 0.15) is 5.69 Å². The molecule has 7 aromatic rings. The SMILES string of the molecule is CC(=O)c1ccc(-c2cncc3[nH]c(-c4n[nH]c5ccc(-c6cncc(CNCc7ccccc7)c6)cc45)cc23)s1. The van der Waals surface area contributed by atoms with Gasteiger partial charge in [0.15, 0.2) is 5.78 Å². The van der Waals surface area contributed by atoms with Crippen molar-refractivity contribution in [2.45, 2.75) is 20.0 Å². The number of hydrogen-bond donors (Lipinski definition) is 3. The highest BCUT2D eigenvalue weighted by molar-refractivity contribution is 7.17. The van der Waals surface area contributed by atoms with E-state index in [9.17, 15) is 4.79 Å². The lowest BCUT2D eigenvalue weighted by molar-refractivity contribution is 0.102. The average Bonchev–Trinajstić information content (AvgIpc) is 3.76. The molecule has 0 aliphatic carbocycles. The van der Waals surface area contributed by atoms with Crippen molar-refractivity contribution in [1.82, 2.24) is 30.5 Å². The van der Waals surface area contributed by atoms with Gasteiger partial charge in [-0.1, -0.05) is 36.4 Å². The second kappa shape index (κ2) is 10.6. The molecule has 0 amide bonds. The largest absolute Gasteiger partial charge is 0.352 e. The summed E-state index contributed by atoms with van der Waals surface area (Å²) in [6.07, 6.45) is 7.49. The Labute approximate surface area is 240 Å². The molecule has 2 aromatic carbocycles. The number of benzene rings is 2. The van der Waals surface area contributed by atoms with Gasteiger partial charge in [-0.15, -0.1) is 11.3 Å². The van der Waals surface area contributed by atoms with Crippen molar-refractivity contribution in [3.63, 3.8) is 0 Å². The molecule has 5 heterocycles. The molecule has 0 fully saturated rings. The van der Waals surface area contributed by atoms with Crippen LogP contribution >= 0.6 is 11.3 Å². The average molecular weight is 555 g/mol. The lowest BCUT2D eigenvalue weighted by atomic mass is 10.0. The minimum Gasteiger partial charge on any atom is -0.352 e. The lowest BCUT2D eigenvalue weighted by Crippen LogP contribution is -2.12. The summed E-state index contributed by atoms with van der Waals surface area (Å²) in [6, 6.07) is 24.9.